The highest BCUT2D eigenvalue weighted by Crippen LogP contribution is 2.30. The summed E-state index contributed by atoms with van der Waals surface area (Å²) in [6.07, 6.45) is 3.29. The Morgan fingerprint density at radius 3 is 2.76 bits per heavy atom. The average Bonchev–Trinajstić information content (AvgIpc) is 3.58. The van der Waals surface area contributed by atoms with Crippen LogP contribution in [-0.2, 0) is 0 Å². The second kappa shape index (κ2) is 8.80. The lowest BCUT2D eigenvalue weighted by Gasteiger charge is -2.23. The number of thiophene rings is 1. The van der Waals surface area contributed by atoms with Gasteiger partial charge in [0.15, 0.2) is 5.65 Å². The summed E-state index contributed by atoms with van der Waals surface area (Å²) in [5.74, 6) is 0.126. The molecule has 174 valence electrons. The van der Waals surface area contributed by atoms with Gasteiger partial charge in [-0.3, -0.25) is 14.9 Å². The predicted octanol–water partition coefficient (Wildman–Crippen LogP) is 3.31. The molecular formula is C22H21N7O4S. The van der Waals surface area contributed by atoms with E-state index in [1.54, 1.807) is 10.9 Å². The molecule has 4 aromatic rings. The number of benzene rings is 1. The van der Waals surface area contributed by atoms with Crippen LogP contribution in [0.25, 0.3) is 16.7 Å². The van der Waals surface area contributed by atoms with Crippen molar-refractivity contribution in [1.29, 1.82) is 0 Å². The van der Waals surface area contributed by atoms with Crippen molar-refractivity contribution >= 4 is 45.0 Å². The monoisotopic (exact) mass is 479 g/mol. The molecule has 1 saturated heterocycles. The number of aromatic nitrogens is 4. The quantitative estimate of drug-likeness (QED) is 0.317. The van der Waals surface area contributed by atoms with E-state index in [0.717, 1.165) is 35.4 Å². The number of carbonyl (C=O) groups excluding carboxylic acids is 1. The fraction of sp³-hybridized carbons (Fsp3) is 0.273. The summed E-state index contributed by atoms with van der Waals surface area (Å²) in [6.45, 7) is 2.65. The lowest BCUT2D eigenvalue weighted by atomic mass is 10.2. The number of nitrogens with one attached hydrogen (secondary N) is 1. The molecule has 5 rings (SSSR count). The minimum Gasteiger partial charge on any atom is -0.394 e. The Bertz CT molecular complexity index is 1380. The van der Waals surface area contributed by atoms with Crippen LogP contribution in [0.3, 0.4) is 0 Å². The van der Waals surface area contributed by atoms with Crippen LogP contribution in [-0.4, -0.2) is 54.9 Å². The molecule has 2 N–H and O–H groups in total. The highest BCUT2D eigenvalue weighted by molar-refractivity contribution is 7.17. The van der Waals surface area contributed by atoms with Crippen molar-refractivity contribution in [1.82, 2.24) is 19.7 Å². The molecule has 1 aromatic carbocycles. The first-order chi connectivity index (χ1) is 16.4. The van der Waals surface area contributed by atoms with Crippen LogP contribution in [0.15, 0.2) is 42.6 Å². The fourth-order valence-electron chi connectivity index (χ4n) is 4.00. The zero-order chi connectivity index (χ0) is 23.8. The topological polar surface area (TPSA) is 139 Å². The van der Waals surface area contributed by atoms with Crippen LogP contribution in [0, 0.1) is 17.0 Å². The Labute approximate surface area is 197 Å². The molecule has 1 amide bonds. The van der Waals surface area contributed by atoms with Crippen LogP contribution in [0.2, 0.25) is 0 Å². The van der Waals surface area contributed by atoms with Crippen LogP contribution in [0.4, 0.5) is 16.8 Å². The first kappa shape index (κ1) is 21.9. The normalized spacial score (nSPS) is 15.7. The zero-order valence-electron chi connectivity index (χ0n) is 18.2. The van der Waals surface area contributed by atoms with E-state index in [0.29, 0.717) is 23.5 Å². The van der Waals surface area contributed by atoms with Crippen LogP contribution in [0.5, 0.6) is 0 Å². The Hall–Kier alpha value is -3.90. The maximum Gasteiger partial charge on any atom is 0.324 e. The van der Waals surface area contributed by atoms with E-state index in [4.69, 9.17) is 4.98 Å². The molecule has 0 spiro atoms. The number of nitrogens with zero attached hydrogens (tertiary/aromatic N) is 6. The summed E-state index contributed by atoms with van der Waals surface area (Å²) in [5, 5.41) is 28.5. The van der Waals surface area contributed by atoms with Crippen molar-refractivity contribution in [2.45, 2.75) is 25.8 Å². The minimum absolute atomic E-state index is 0.0286. The third-order valence-electron chi connectivity index (χ3n) is 5.77. The van der Waals surface area contributed by atoms with Crippen molar-refractivity contribution in [2.24, 2.45) is 0 Å². The van der Waals surface area contributed by atoms with Gasteiger partial charge in [-0.15, -0.1) is 0 Å². The number of aryl methyl sites for hydroxylation is 1. The van der Waals surface area contributed by atoms with Crippen LogP contribution < -0.4 is 10.2 Å². The van der Waals surface area contributed by atoms with E-state index in [-0.39, 0.29) is 28.3 Å². The number of fused-ring (bicyclic) bond motifs is 1. The SMILES string of the molecule is Cc1ccc(-n2ncc3c(NC(=O)c4ccc([N+](=O)[O-])s4)nc(N4CCCC4CO)nc32)cc1. The molecule has 0 bridgehead atoms. The number of aliphatic hydroxyl groups is 1. The molecule has 1 aliphatic heterocycles. The molecule has 0 saturated carbocycles. The van der Waals surface area contributed by atoms with Gasteiger partial charge >= 0.3 is 5.00 Å². The Balaban J connectivity index is 1.59. The molecule has 3 aromatic heterocycles. The molecule has 0 aliphatic carbocycles. The van der Waals surface area contributed by atoms with Crippen LogP contribution >= 0.6 is 11.3 Å². The number of amides is 1. The third kappa shape index (κ3) is 3.97. The van der Waals surface area contributed by atoms with Gasteiger partial charge in [0.25, 0.3) is 5.91 Å². The number of carbonyl (C=O) groups is 1. The third-order valence-corrected chi connectivity index (χ3v) is 6.80. The Kier molecular flexibility index (Phi) is 5.67. The minimum atomic E-state index is -0.531. The molecule has 34 heavy (non-hydrogen) atoms. The summed E-state index contributed by atoms with van der Waals surface area (Å²) in [6, 6.07) is 10.4. The van der Waals surface area contributed by atoms with Gasteiger partial charge < -0.3 is 15.3 Å². The van der Waals surface area contributed by atoms with E-state index in [9.17, 15) is 20.0 Å². The number of hydrogen-bond acceptors (Lipinski definition) is 9. The molecule has 4 heterocycles. The van der Waals surface area contributed by atoms with Crippen molar-refractivity contribution in [3.8, 4) is 5.69 Å². The zero-order valence-corrected chi connectivity index (χ0v) is 19.0. The van der Waals surface area contributed by atoms with E-state index in [1.807, 2.05) is 36.1 Å². The van der Waals surface area contributed by atoms with Gasteiger partial charge in [0.1, 0.15) is 5.82 Å². The lowest BCUT2D eigenvalue weighted by molar-refractivity contribution is -0.380. The molecule has 1 fully saturated rings. The number of anilines is 2. The molecule has 1 unspecified atom stereocenters. The van der Waals surface area contributed by atoms with E-state index in [2.05, 4.69) is 15.4 Å². The van der Waals surface area contributed by atoms with Gasteiger partial charge in [0, 0.05) is 12.6 Å². The number of nitro groups is 1. The van der Waals surface area contributed by atoms with Crippen molar-refractivity contribution < 1.29 is 14.8 Å². The maximum atomic E-state index is 12.9. The molecule has 1 aliphatic rings. The number of aliphatic hydroxyl groups excluding tert-OH is 1. The highest BCUT2D eigenvalue weighted by Gasteiger charge is 2.28. The average molecular weight is 480 g/mol. The fourth-order valence-corrected chi connectivity index (χ4v) is 4.72. The van der Waals surface area contributed by atoms with Gasteiger partial charge in [-0.1, -0.05) is 29.0 Å². The standard InChI is InChI=1S/C22H21N7O4S/c1-13-4-6-14(7-5-13)28-20-16(11-23-28)19(24-21(31)17-8-9-18(34-17)29(32)33)25-22(26-20)27-10-2-3-15(27)12-30/h4-9,11,15,30H,2-3,10,12H2,1H3,(H,24,25,26,31). The molecule has 11 nitrogen and oxygen atoms in total. The molecular weight excluding hydrogens is 458 g/mol. The smallest absolute Gasteiger partial charge is 0.324 e. The second-order valence-corrected chi connectivity index (χ2v) is 9.08. The van der Waals surface area contributed by atoms with E-state index < -0.39 is 10.8 Å². The summed E-state index contributed by atoms with van der Waals surface area (Å²) in [5.41, 5.74) is 2.41. The van der Waals surface area contributed by atoms with Gasteiger partial charge in [0.2, 0.25) is 5.95 Å². The van der Waals surface area contributed by atoms with E-state index in [1.165, 1.54) is 12.1 Å². The van der Waals surface area contributed by atoms with Crippen molar-refractivity contribution in [3.63, 3.8) is 0 Å². The second-order valence-electron chi connectivity index (χ2n) is 8.02. The van der Waals surface area contributed by atoms with Gasteiger partial charge in [-0.2, -0.15) is 15.1 Å². The molecule has 12 heteroatoms. The highest BCUT2D eigenvalue weighted by atomic mass is 32.1. The van der Waals surface area contributed by atoms with E-state index >= 15 is 0 Å². The van der Waals surface area contributed by atoms with Gasteiger partial charge in [-0.05, 0) is 38.0 Å². The Morgan fingerprint density at radius 2 is 2.06 bits per heavy atom. The summed E-state index contributed by atoms with van der Waals surface area (Å²) < 4.78 is 1.68. The van der Waals surface area contributed by atoms with Gasteiger partial charge in [0.05, 0.1) is 39.7 Å². The maximum absolute atomic E-state index is 12.9. The number of hydrogen-bond donors (Lipinski definition) is 2. The van der Waals surface area contributed by atoms with Crippen molar-refractivity contribution in [2.75, 3.05) is 23.4 Å². The first-order valence-electron chi connectivity index (χ1n) is 10.7. The van der Waals surface area contributed by atoms with Gasteiger partial charge in [-0.25, -0.2) is 4.68 Å². The summed E-state index contributed by atoms with van der Waals surface area (Å²) in [4.78, 5) is 34.8. The summed E-state index contributed by atoms with van der Waals surface area (Å²) >= 11 is 0.792. The number of rotatable bonds is 6. The van der Waals surface area contributed by atoms with Crippen molar-refractivity contribution in [3.05, 3.63) is 63.1 Å². The first-order valence-corrected chi connectivity index (χ1v) is 11.5. The molecule has 0 radical (unpaired) electrons. The largest absolute Gasteiger partial charge is 0.394 e. The lowest BCUT2D eigenvalue weighted by Crippen LogP contribution is -2.33. The summed E-state index contributed by atoms with van der Waals surface area (Å²) in [7, 11) is 0. The Morgan fingerprint density at radius 1 is 1.26 bits per heavy atom. The van der Waals surface area contributed by atoms with Crippen LogP contribution in [0.1, 0.15) is 28.1 Å². The predicted molar refractivity (Wildman–Crippen MR) is 128 cm³/mol. The molecule has 1 atom stereocenters.